The molecule has 0 saturated carbocycles. The second-order valence-corrected chi connectivity index (χ2v) is 7.44. The van der Waals surface area contributed by atoms with Crippen LogP contribution in [0.4, 0.5) is 5.69 Å². The van der Waals surface area contributed by atoms with Crippen LogP contribution in [0, 0.1) is 6.92 Å². The molecule has 7 nitrogen and oxygen atoms in total. The lowest BCUT2D eigenvalue weighted by Gasteiger charge is -2.06. The number of nitrogens with one attached hydrogen (secondary N) is 2. The second kappa shape index (κ2) is 9.80. The fourth-order valence-electron chi connectivity index (χ4n) is 2.60. The van der Waals surface area contributed by atoms with Gasteiger partial charge in [0.15, 0.2) is 0 Å². The molecule has 0 aliphatic rings. The molecular weight excluding hydrogens is 402 g/mol. The lowest BCUT2D eigenvalue weighted by Crippen LogP contribution is -2.31. The van der Waals surface area contributed by atoms with Crippen molar-refractivity contribution in [3.8, 4) is 10.6 Å². The van der Waals surface area contributed by atoms with Crippen LogP contribution in [0.1, 0.15) is 21.6 Å². The van der Waals surface area contributed by atoms with Crippen LogP contribution in [-0.2, 0) is 20.7 Å². The number of amides is 2. The summed E-state index contributed by atoms with van der Waals surface area (Å²) < 4.78 is 4.47. The molecule has 0 atom stereocenters. The molecule has 8 heteroatoms. The molecule has 0 radical (unpaired) electrons. The Balaban J connectivity index is 1.56. The zero-order valence-corrected chi connectivity index (χ0v) is 17.4. The van der Waals surface area contributed by atoms with E-state index in [0.717, 1.165) is 21.7 Å². The molecule has 0 fully saturated rings. The summed E-state index contributed by atoms with van der Waals surface area (Å²) in [5.74, 6) is -1.09. The summed E-state index contributed by atoms with van der Waals surface area (Å²) >= 11 is 1.42. The Kier molecular flexibility index (Phi) is 6.92. The molecular formula is C22H21N3O4S. The van der Waals surface area contributed by atoms with Crippen molar-refractivity contribution in [3.05, 3.63) is 70.7 Å². The molecule has 30 heavy (non-hydrogen) atoms. The third kappa shape index (κ3) is 5.74. The molecule has 0 unspecified atom stereocenters. The van der Waals surface area contributed by atoms with Crippen molar-refractivity contribution in [2.45, 2.75) is 13.3 Å². The maximum absolute atomic E-state index is 12.5. The van der Waals surface area contributed by atoms with Crippen LogP contribution < -0.4 is 10.6 Å². The third-order valence-electron chi connectivity index (χ3n) is 4.27. The van der Waals surface area contributed by atoms with E-state index >= 15 is 0 Å². The van der Waals surface area contributed by atoms with E-state index in [4.69, 9.17) is 0 Å². The van der Waals surface area contributed by atoms with E-state index in [-0.39, 0.29) is 24.8 Å². The zero-order valence-electron chi connectivity index (χ0n) is 16.6. The van der Waals surface area contributed by atoms with Crippen molar-refractivity contribution >= 4 is 34.8 Å². The van der Waals surface area contributed by atoms with E-state index in [1.807, 2.05) is 31.2 Å². The van der Waals surface area contributed by atoms with Gasteiger partial charge in [-0.05, 0) is 24.6 Å². The zero-order chi connectivity index (χ0) is 21.5. The average molecular weight is 423 g/mol. The topological polar surface area (TPSA) is 97.4 Å². The number of aryl methyl sites for hydroxylation is 1. The normalized spacial score (nSPS) is 10.3. The minimum absolute atomic E-state index is 0.122. The van der Waals surface area contributed by atoms with E-state index in [9.17, 15) is 14.4 Å². The van der Waals surface area contributed by atoms with Crippen LogP contribution in [0.15, 0.2) is 53.9 Å². The molecule has 0 spiro atoms. The minimum atomic E-state index is -0.506. The number of hydrogen-bond donors (Lipinski definition) is 2. The first-order chi connectivity index (χ1) is 14.4. The van der Waals surface area contributed by atoms with E-state index in [2.05, 4.69) is 20.4 Å². The summed E-state index contributed by atoms with van der Waals surface area (Å²) in [5.41, 5.74) is 3.84. The molecule has 0 aliphatic heterocycles. The number of hydrogen-bond acceptors (Lipinski definition) is 6. The molecule has 2 amide bonds. The molecule has 1 aromatic heterocycles. The van der Waals surface area contributed by atoms with Crippen molar-refractivity contribution in [2.75, 3.05) is 19.0 Å². The van der Waals surface area contributed by atoms with Gasteiger partial charge in [0.25, 0.3) is 5.91 Å². The summed E-state index contributed by atoms with van der Waals surface area (Å²) in [6, 6.07) is 14.9. The molecule has 3 aromatic rings. The number of thiazole rings is 1. The summed E-state index contributed by atoms with van der Waals surface area (Å²) in [5, 5.41) is 7.79. The van der Waals surface area contributed by atoms with Gasteiger partial charge in [0.05, 0.1) is 13.5 Å². The monoisotopic (exact) mass is 423 g/mol. The van der Waals surface area contributed by atoms with Crippen LogP contribution in [-0.4, -0.2) is 36.4 Å². The van der Waals surface area contributed by atoms with Gasteiger partial charge in [-0.15, -0.1) is 11.3 Å². The van der Waals surface area contributed by atoms with Gasteiger partial charge >= 0.3 is 5.97 Å². The Morgan fingerprint density at radius 2 is 1.73 bits per heavy atom. The lowest BCUT2D eigenvalue weighted by atomic mass is 10.1. The lowest BCUT2D eigenvalue weighted by molar-refractivity contribution is -0.141. The van der Waals surface area contributed by atoms with E-state index in [1.165, 1.54) is 18.4 Å². The number of nitrogens with zero attached hydrogens (tertiary/aromatic N) is 1. The average Bonchev–Trinajstić information content (AvgIpc) is 3.24. The third-order valence-corrected chi connectivity index (χ3v) is 5.16. The smallest absolute Gasteiger partial charge is 0.325 e. The van der Waals surface area contributed by atoms with Crippen molar-refractivity contribution in [2.24, 2.45) is 0 Å². The fraction of sp³-hybridized carbons (Fsp3) is 0.182. The molecule has 1 heterocycles. The van der Waals surface area contributed by atoms with Crippen LogP contribution in [0.2, 0.25) is 0 Å². The highest BCUT2D eigenvalue weighted by atomic mass is 32.1. The number of aromatic nitrogens is 1. The highest BCUT2D eigenvalue weighted by Gasteiger charge is 2.13. The van der Waals surface area contributed by atoms with Crippen molar-refractivity contribution in [3.63, 3.8) is 0 Å². The first-order valence-electron chi connectivity index (χ1n) is 9.21. The molecule has 2 aromatic carbocycles. The first-order valence-corrected chi connectivity index (χ1v) is 10.1. The first kappa shape index (κ1) is 21.2. The number of benzene rings is 2. The predicted molar refractivity (Wildman–Crippen MR) is 115 cm³/mol. The number of esters is 1. The van der Waals surface area contributed by atoms with Crippen LogP contribution in [0.3, 0.4) is 0 Å². The fourth-order valence-corrected chi connectivity index (χ4v) is 3.40. The van der Waals surface area contributed by atoms with Gasteiger partial charge in [0.1, 0.15) is 17.2 Å². The van der Waals surface area contributed by atoms with Gasteiger partial charge in [0.2, 0.25) is 5.91 Å². The van der Waals surface area contributed by atoms with Gasteiger partial charge in [-0.25, -0.2) is 4.98 Å². The maximum atomic E-state index is 12.5. The van der Waals surface area contributed by atoms with E-state index < -0.39 is 5.97 Å². The van der Waals surface area contributed by atoms with Crippen LogP contribution in [0.25, 0.3) is 10.6 Å². The maximum Gasteiger partial charge on any atom is 0.325 e. The molecule has 0 aliphatic carbocycles. The minimum Gasteiger partial charge on any atom is -0.468 e. The summed E-state index contributed by atoms with van der Waals surface area (Å²) in [6.07, 6.45) is 0.122. The summed E-state index contributed by atoms with van der Waals surface area (Å²) in [7, 11) is 1.26. The predicted octanol–water partition coefficient (Wildman–Crippen LogP) is 3.20. The largest absolute Gasteiger partial charge is 0.468 e. The van der Waals surface area contributed by atoms with Gasteiger partial charge in [-0.2, -0.15) is 0 Å². The molecule has 3 rings (SSSR count). The second-order valence-electron chi connectivity index (χ2n) is 6.58. The van der Waals surface area contributed by atoms with Gasteiger partial charge in [-0.1, -0.05) is 42.0 Å². The van der Waals surface area contributed by atoms with E-state index in [0.29, 0.717) is 11.4 Å². The number of anilines is 1. The SMILES string of the molecule is COC(=O)CNC(=O)Cc1ccc(NC(=O)c2csc(-c3ccc(C)cc3)n2)cc1. The van der Waals surface area contributed by atoms with Crippen molar-refractivity contribution in [1.82, 2.24) is 10.3 Å². The Morgan fingerprint density at radius 1 is 1.03 bits per heavy atom. The number of methoxy groups -OCH3 is 1. The molecule has 0 bridgehead atoms. The van der Waals surface area contributed by atoms with Crippen molar-refractivity contribution < 1.29 is 19.1 Å². The van der Waals surface area contributed by atoms with Gasteiger partial charge < -0.3 is 15.4 Å². The Bertz CT molecular complexity index is 1040. The quantitative estimate of drug-likeness (QED) is 0.569. The molecule has 2 N–H and O–H groups in total. The van der Waals surface area contributed by atoms with Crippen molar-refractivity contribution in [1.29, 1.82) is 0 Å². The number of carbonyl (C=O) groups excluding carboxylic acids is 3. The molecule has 0 saturated heterocycles. The number of ether oxygens (including phenoxy) is 1. The summed E-state index contributed by atoms with van der Waals surface area (Å²) in [6.45, 7) is 1.85. The molecule has 154 valence electrons. The van der Waals surface area contributed by atoms with Crippen LogP contribution >= 0.6 is 11.3 Å². The number of carbonyl (C=O) groups is 3. The summed E-state index contributed by atoms with van der Waals surface area (Å²) in [4.78, 5) is 39.8. The van der Waals surface area contributed by atoms with Crippen LogP contribution in [0.5, 0.6) is 0 Å². The Labute approximate surface area is 178 Å². The van der Waals surface area contributed by atoms with Gasteiger partial charge in [-0.3, -0.25) is 14.4 Å². The highest BCUT2D eigenvalue weighted by Crippen LogP contribution is 2.24. The number of rotatable bonds is 7. The van der Waals surface area contributed by atoms with Gasteiger partial charge in [0, 0.05) is 16.6 Å². The Morgan fingerprint density at radius 3 is 2.40 bits per heavy atom. The standard InChI is InChI=1S/C22H21N3O4S/c1-14-3-7-16(8-4-14)22-25-18(13-30-22)21(28)24-17-9-5-15(6-10-17)11-19(26)23-12-20(27)29-2/h3-10,13H,11-12H2,1-2H3,(H,23,26)(H,24,28). The Hall–Kier alpha value is -3.52. The highest BCUT2D eigenvalue weighted by molar-refractivity contribution is 7.13. The van der Waals surface area contributed by atoms with E-state index in [1.54, 1.807) is 29.6 Å².